The van der Waals surface area contributed by atoms with Gasteiger partial charge in [0.2, 0.25) is 5.91 Å². The summed E-state index contributed by atoms with van der Waals surface area (Å²) in [4.78, 5) is 19.9. The van der Waals surface area contributed by atoms with Crippen molar-refractivity contribution in [3.63, 3.8) is 0 Å². The molecule has 0 radical (unpaired) electrons. The second kappa shape index (κ2) is 8.30. The van der Waals surface area contributed by atoms with Crippen LogP contribution in [0.2, 0.25) is 0 Å². The van der Waals surface area contributed by atoms with E-state index in [9.17, 15) is 4.79 Å². The van der Waals surface area contributed by atoms with Crippen molar-refractivity contribution in [1.82, 2.24) is 14.5 Å². The van der Waals surface area contributed by atoms with Gasteiger partial charge in [-0.3, -0.25) is 4.79 Å². The number of amides is 1. The third-order valence-corrected chi connectivity index (χ3v) is 6.70. The van der Waals surface area contributed by atoms with Crippen LogP contribution >= 0.6 is 0 Å². The van der Waals surface area contributed by atoms with Gasteiger partial charge in [0, 0.05) is 24.0 Å². The van der Waals surface area contributed by atoms with E-state index in [2.05, 4.69) is 53.2 Å². The Labute approximate surface area is 189 Å². The van der Waals surface area contributed by atoms with Crippen molar-refractivity contribution in [2.75, 3.05) is 13.7 Å². The Morgan fingerprint density at radius 3 is 2.75 bits per heavy atom. The number of piperidine rings is 1. The fourth-order valence-electron chi connectivity index (χ4n) is 5.10. The largest absolute Gasteiger partial charge is 0.497 e. The van der Waals surface area contributed by atoms with Crippen LogP contribution in [0, 0.1) is 13.8 Å². The molecule has 1 atom stereocenters. The van der Waals surface area contributed by atoms with Crippen molar-refractivity contribution in [2.24, 2.45) is 0 Å². The minimum Gasteiger partial charge on any atom is -0.497 e. The second-order valence-corrected chi connectivity index (χ2v) is 8.86. The van der Waals surface area contributed by atoms with Crippen LogP contribution in [0.5, 0.6) is 5.75 Å². The lowest BCUT2D eigenvalue weighted by Crippen LogP contribution is -2.39. The van der Waals surface area contributed by atoms with Crippen LogP contribution in [0.3, 0.4) is 0 Å². The summed E-state index contributed by atoms with van der Waals surface area (Å²) in [6.45, 7) is 4.92. The maximum atomic E-state index is 13.4. The molecule has 1 aliphatic heterocycles. The average Bonchev–Trinajstić information content (AvgIpc) is 3.41. The lowest BCUT2D eigenvalue weighted by Gasteiger charge is -2.34. The monoisotopic (exact) mass is 427 g/mol. The molecular weight excluding hydrogens is 398 g/mol. The van der Waals surface area contributed by atoms with E-state index in [1.165, 1.54) is 11.1 Å². The van der Waals surface area contributed by atoms with Crippen molar-refractivity contribution in [2.45, 2.75) is 45.6 Å². The number of ether oxygens (including phenoxy) is 1. The Balaban J connectivity index is 1.39. The van der Waals surface area contributed by atoms with Crippen molar-refractivity contribution in [1.29, 1.82) is 0 Å². The molecule has 1 saturated heterocycles. The van der Waals surface area contributed by atoms with Crippen molar-refractivity contribution in [3.8, 4) is 11.4 Å². The SMILES string of the molecule is COc1ccc2c(c1)CC[C@H]2N1CCC/C(=C\c2ccc(-n3cnc(C)c3)c(C)c2)C1=O. The second-order valence-electron chi connectivity index (χ2n) is 8.86. The van der Waals surface area contributed by atoms with Crippen LogP contribution in [-0.4, -0.2) is 34.0 Å². The summed E-state index contributed by atoms with van der Waals surface area (Å²) in [5.41, 5.74) is 7.83. The summed E-state index contributed by atoms with van der Waals surface area (Å²) in [6.07, 6.45) is 9.76. The Morgan fingerprint density at radius 1 is 1.12 bits per heavy atom. The highest BCUT2D eigenvalue weighted by Gasteiger charge is 2.34. The summed E-state index contributed by atoms with van der Waals surface area (Å²) < 4.78 is 7.42. The summed E-state index contributed by atoms with van der Waals surface area (Å²) >= 11 is 0. The molecule has 3 aromatic rings. The topological polar surface area (TPSA) is 47.4 Å². The molecule has 164 valence electrons. The summed E-state index contributed by atoms with van der Waals surface area (Å²) in [5.74, 6) is 1.07. The number of aromatic nitrogens is 2. The van der Waals surface area contributed by atoms with E-state index in [0.717, 1.165) is 66.1 Å². The van der Waals surface area contributed by atoms with Gasteiger partial charge in [-0.05, 0) is 92.1 Å². The summed E-state index contributed by atoms with van der Waals surface area (Å²) in [5, 5.41) is 0. The van der Waals surface area contributed by atoms with Gasteiger partial charge in [0.25, 0.3) is 0 Å². The summed E-state index contributed by atoms with van der Waals surface area (Å²) in [7, 11) is 1.70. The number of aryl methyl sites for hydroxylation is 3. The number of likely N-dealkylation sites (tertiary alicyclic amines) is 1. The molecule has 2 heterocycles. The van der Waals surface area contributed by atoms with Crippen LogP contribution < -0.4 is 4.74 Å². The smallest absolute Gasteiger partial charge is 0.250 e. The minimum atomic E-state index is 0.167. The van der Waals surface area contributed by atoms with Crippen molar-refractivity contribution in [3.05, 3.63) is 82.4 Å². The van der Waals surface area contributed by atoms with Gasteiger partial charge in [-0.25, -0.2) is 4.98 Å². The standard InChI is InChI=1S/C27H29N3O2/c1-18-13-20(6-10-25(18)29-16-19(2)28-17-29)14-22-5-4-12-30(27(22)31)26-11-7-21-15-23(32-3)8-9-24(21)26/h6,8-10,13-17,26H,4-5,7,11-12H2,1-3H3/b22-14+/t26-/m1/s1. The van der Waals surface area contributed by atoms with Gasteiger partial charge in [-0.1, -0.05) is 12.1 Å². The Bertz CT molecular complexity index is 1210. The minimum absolute atomic E-state index is 0.167. The first-order valence-electron chi connectivity index (χ1n) is 11.3. The lowest BCUT2D eigenvalue weighted by atomic mass is 9.97. The van der Waals surface area contributed by atoms with Crippen LogP contribution in [0.4, 0.5) is 0 Å². The molecule has 2 aliphatic rings. The molecule has 0 N–H and O–H groups in total. The molecule has 0 bridgehead atoms. The van der Waals surface area contributed by atoms with E-state index >= 15 is 0 Å². The van der Waals surface area contributed by atoms with Gasteiger partial charge in [-0.15, -0.1) is 0 Å². The lowest BCUT2D eigenvalue weighted by molar-refractivity contribution is -0.131. The number of benzene rings is 2. The van der Waals surface area contributed by atoms with Gasteiger partial charge in [-0.2, -0.15) is 0 Å². The molecule has 0 unspecified atom stereocenters. The Kier molecular flexibility index (Phi) is 5.33. The van der Waals surface area contributed by atoms with Gasteiger partial charge < -0.3 is 14.2 Å². The number of hydrogen-bond donors (Lipinski definition) is 0. The van der Waals surface area contributed by atoms with Crippen LogP contribution in [0.15, 0.2) is 54.5 Å². The van der Waals surface area contributed by atoms with Gasteiger partial charge >= 0.3 is 0 Å². The molecule has 5 heteroatoms. The van der Waals surface area contributed by atoms with Gasteiger partial charge in [0.1, 0.15) is 5.75 Å². The van der Waals surface area contributed by atoms with E-state index in [4.69, 9.17) is 4.74 Å². The molecule has 5 nitrogen and oxygen atoms in total. The normalized spacial score (nSPS) is 19.5. The van der Waals surface area contributed by atoms with E-state index < -0.39 is 0 Å². The number of carbonyl (C=O) groups is 1. The van der Waals surface area contributed by atoms with E-state index in [1.54, 1.807) is 7.11 Å². The maximum Gasteiger partial charge on any atom is 0.250 e. The number of carbonyl (C=O) groups excluding carboxylic acids is 1. The average molecular weight is 428 g/mol. The third kappa shape index (κ3) is 3.72. The predicted molar refractivity (Wildman–Crippen MR) is 126 cm³/mol. The molecule has 0 spiro atoms. The van der Waals surface area contributed by atoms with Crippen LogP contribution in [-0.2, 0) is 11.2 Å². The number of methoxy groups -OCH3 is 1. The highest BCUT2D eigenvalue weighted by molar-refractivity contribution is 5.98. The molecule has 5 rings (SSSR count). The fraction of sp³-hybridized carbons (Fsp3) is 0.333. The number of fused-ring (bicyclic) bond motifs is 1. The highest BCUT2D eigenvalue weighted by atomic mass is 16.5. The van der Waals surface area contributed by atoms with Crippen LogP contribution in [0.1, 0.15) is 53.3 Å². The molecule has 1 aliphatic carbocycles. The molecule has 0 saturated carbocycles. The number of imidazole rings is 1. The zero-order chi connectivity index (χ0) is 22.2. The molecule has 2 aromatic carbocycles. The zero-order valence-electron chi connectivity index (χ0n) is 19.0. The predicted octanol–water partition coefficient (Wildman–Crippen LogP) is 5.19. The highest BCUT2D eigenvalue weighted by Crippen LogP contribution is 2.40. The number of hydrogen-bond acceptors (Lipinski definition) is 3. The van der Waals surface area contributed by atoms with Gasteiger partial charge in [0.05, 0.1) is 25.2 Å². The summed E-state index contributed by atoms with van der Waals surface area (Å²) in [6, 6.07) is 12.8. The Hall–Kier alpha value is -3.34. The molecule has 1 amide bonds. The van der Waals surface area contributed by atoms with Crippen molar-refractivity contribution >= 4 is 12.0 Å². The third-order valence-electron chi connectivity index (χ3n) is 6.70. The fourth-order valence-corrected chi connectivity index (χ4v) is 5.10. The first-order valence-corrected chi connectivity index (χ1v) is 11.3. The molecule has 32 heavy (non-hydrogen) atoms. The molecule has 1 aromatic heterocycles. The van der Waals surface area contributed by atoms with Gasteiger partial charge in [0.15, 0.2) is 0 Å². The maximum absolute atomic E-state index is 13.4. The van der Waals surface area contributed by atoms with Crippen molar-refractivity contribution < 1.29 is 9.53 Å². The first-order chi connectivity index (χ1) is 15.5. The quantitative estimate of drug-likeness (QED) is 0.538. The van der Waals surface area contributed by atoms with E-state index in [-0.39, 0.29) is 11.9 Å². The zero-order valence-corrected chi connectivity index (χ0v) is 19.0. The Morgan fingerprint density at radius 2 is 2.00 bits per heavy atom. The first kappa shape index (κ1) is 20.6. The van der Waals surface area contributed by atoms with Crippen LogP contribution in [0.25, 0.3) is 11.8 Å². The van der Waals surface area contributed by atoms with E-state index in [1.807, 2.05) is 30.1 Å². The number of nitrogens with zero attached hydrogens (tertiary/aromatic N) is 3. The van der Waals surface area contributed by atoms with E-state index in [0.29, 0.717) is 0 Å². The number of rotatable bonds is 4. The molecular formula is C27H29N3O2. The molecule has 1 fully saturated rings.